The van der Waals surface area contributed by atoms with Crippen molar-refractivity contribution in [3.05, 3.63) is 90.0 Å². The minimum absolute atomic E-state index is 0.181. The van der Waals surface area contributed by atoms with Crippen molar-refractivity contribution >= 4 is 27.5 Å². The number of hydrogen-bond donors (Lipinski definition) is 1. The van der Waals surface area contributed by atoms with Crippen LogP contribution in [0.3, 0.4) is 0 Å². The van der Waals surface area contributed by atoms with E-state index in [1.54, 1.807) is 24.3 Å². The highest BCUT2D eigenvalue weighted by Crippen LogP contribution is 2.26. The molecule has 0 aliphatic carbocycles. The van der Waals surface area contributed by atoms with Gasteiger partial charge in [-0.05, 0) is 61.7 Å². The summed E-state index contributed by atoms with van der Waals surface area (Å²) in [7, 11) is -3.82. The number of hydrogen-bond acceptors (Lipinski definition) is 5. The number of carbonyl (C=O) groups excluding carboxylic acids is 2. The summed E-state index contributed by atoms with van der Waals surface area (Å²) in [5, 5.41) is 2.88. The molecular weight excluding hydrogens is 514 g/mol. The molecular formula is C30H37N3O5S. The van der Waals surface area contributed by atoms with Crippen LogP contribution in [-0.4, -0.2) is 50.5 Å². The predicted octanol–water partition coefficient (Wildman–Crippen LogP) is 4.89. The lowest BCUT2D eigenvalue weighted by Gasteiger charge is -2.33. The first-order valence-corrected chi connectivity index (χ1v) is 14.9. The second kappa shape index (κ2) is 13.8. The molecule has 0 radical (unpaired) electrons. The average molecular weight is 552 g/mol. The largest absolute Gasteiger partial charge is 0.457 e. The molecule has 2 amide bonds. The van der Waals surface area contributed by atoms with Gasteiger partial charge in [-0.2, -0.15) is 0 Å². The van der Waals surface area contributed by atoms with E-state index in [1.165, 1.54) is 4.90 Å². The summed E-state index contributed by atoms with van der Waals surface area (Å²) < 4.78 is 32.5. The van der Waals surface area contributed by atoms with E-state index < -0.39 is 28.5 Å². The van der Waals surface area contributed by atoms with Gasteiger partial charge in [0.2, 0.25) is 21.8 Å². The topological polar surface area (TPSA) is 96.0 Å². The van der Waals surface area contributed by atoms with Crippen molar-refractivity contribution in [2.24, 2.45) is 0 Å². The fourth-order valence-corrected chi connectivity index (χ4v) is 5.06. The minimum Gasteiger partial charge on any atom is -0.457 e. The van der Waals surface area contributed by atoms with Gasteiger partial charge in [0.05, 0.1) is 11.9 Å². The number of anilines is 1. The fraction of sp³-hybridized carbons (Fsp3) is 0.333. The van der Waals surface area contributed by atoms with E-state index in [4.69, 9.17) is 4.74 Å². The van der Waals surface area contributed by atoms with Gasteiger partial charge in [0, 0.05) is 13.1 Å². The Morgan fingerprint density at radius 2 is 1.59 bits per heavy atom. The maximum atomic E-state index is 13.8. The molecule has 0 aliphatic rings. The van der Waals surface area contributed by atoms with Gasteiger partial charge in [0.1, 0.15) is 24.1 Å². The summed E-state index contributed by atoms with van der Waals surface area (Å²) in [4.78, 5) is 28.3. The number of aryl methyl sites for hydroxylation is 1. The molecule has 0 aromatic heterocycles. The quantitative estimate of drug-likeness (QED) is 0.326. The Morgan fingerprint density at radius 3 is 2.18 bits per heavy atom. The zero-order valence-corrected chi connectivity index (χ0v) is 23.8. The molecule has 208 valence electrons. The van der Waals surface area contributed by atoms with Crippen LogP contribution in [0.1, 0.15) is 37.8 Å². The van der Waals surface area contributed by atoms with Gasteiger partial charge in [-0.3, -0.25) is 13.9 Å². The van der Waals surface area contributed by atoms with Crippen molar-refractivity contribution in [2.75, 3.05) is 23.7 Å². The number of ether oxygens (including phenoxy) is 1. The number of para-hydroxylation sites is 1. The number of amides is 2. The van der Waals surface area contributed by atoms with Crippen LogP contribution in [0, 0.1) is 6.92 Å². The maximum absolute atomic E-state index is 13.8. The Kier molecular flexibility index (Phi) is 10.5. The van der Waals surface area contributed by atoms with Gasteiger partial charge in [0.15, 0.2) is 0 Å². The lowest BCUT2D eigenvalue weighted by atomic mass is 10.1. The molecule has 9 heteroatoms. The third-order valence-corrected chi connectivity index (χ3v) is 7.29. The molecule has 3 rings (SSSR count). The van der Waals surface area contributed by atoms with E-state index in [1.807, 2.05) is 75.4 Å². The summed E-state index contributed by atoms with van der Waals surface area (Å²) in [5.41, 5.74) is 2.21. The second-order valence-corrected chi connectivity index (χ2v) is 11.3. The van der Waals surface area contributed by atoms with Gasteiger partial charge in [-0.15, -0.1) is 0 Å². The maximum Gasteiger partial charge on any atom is 0.244 e. The number of nitrogens with one attached hydrogen (secondary N) is 1. The van der Waals surface area contributed by atoms with Crippen molar-refractivity contribution in [1.29, 1.82) is 0 Å². The van der Waals surface area contributed by atoms with Crippen molar-refractivity contribution in [3.63, 3.8) is 0 Å². The standard InChI is InChI=1S/C30H37N3O5S/c1-5-19-31-30(35)28(6-2)32(21-24-12-10-11-23(3)20-24)29(34)22-33(39(4,36)37)25-15-17-27(18-16-25)38-26-13-8-7-9-14-26/h7-18,20,28H,5-6,19,21-22H2,1-4H3,(H,31,35)/t28-/m0/s1. The van der Waals surface area contributed by atoms with E-state index in [0.717, 1.165) is 28.1 Å². The van der Waals surface area contributed by atoms with E-state index in [0.29, 0.717) is 30.2 Å². The zero-order chi connectivity index (χ0) is 28.4. The highest BCUT2D eigenvalue weighted by Gasteiger charge is 2.31. The Labute approximate surface area is 231 Å². The van der Waals surface area contributed by atoms with E-state index in [2.05, 4.69) is 5.32 Å². The molecule has 3 aromatic rings. The van der Waals surface area contributed by atoms with Crippen LogP contribution >= 0.6 is 0 Å². The van der Waals surface area contributed by atoms with Crippen molar-refractivity contribution in [2.45, 2.75) is 46.2 Å². The highest BCUT2D eigenvalue weighted by molar-refractivity contribution is 7.92. The second-order valence-electron chi connectivity index (χ2n) is 9.40. The Bertz CT molecular complexity index is 1340. The first-order chi connectivity index (χ1) is 18.6. The molecule has 39 heavy (non-hydrogen) atoms. The van der Waals surface area contributed by atoms with Gasteiger partial charge < -0.3 is 15.0 Å². The van der Waals surface area contributed by atoms with Crippen molar-refractivity contribution < 1.29 is 22.7 Å². The zero-order valence-electron chi connectivity index (χ0n) is 23.0. The molecule has 0 unspecified atom stereocenters. The predicted molar refractivity (Wildman–Crippen MR) is 154 cm³/mol. The summed E-state index contributed by atoms with van der Waals surface area (Å²) in [5.74, 6) is 0.460. The van der Waals surface area contributed by atoms with Gasteiger partial charge in [-0.1, -0.05) is 61.9 Å². The smallest absolute Gasteiger partial charge is 0.244 e. The molecule has 0 saturated carbocycles. The molecule has 1 atom stereocenters. The molecule has 0 saturated heterocycles. The van der Waals surface area contributed by atoms with E-state index >= 15 is 0 Å². The summed E-state index contributed by atoms with van der Waals surface area (Å²) in [6, 6.07) is 22.7. The van der Waals surface area contributed by atoms with Crippen LogP contribution < -0.4 is 14.4 Å². The number of benzene rings is 3. The first-order valence-electron chi connectivity index (χ1n) is 13.1. The van der Waals surface area contributed by atoms with Gasteiger partial charge >= 0.3 is 0 Å². The molecule has 0 aliphatic heterocycles. The van der Waals surface area contributed by atoms with Crippen molar-refractivity contribution in [3.8, 4) is 11.5 Å². The lowest BCUT2D eigenvalue weighted by molar-refractivity contribution is -0.140. The number of sulfonamides is 1. The summed E-state index contributed by atoms with van der Waals surface area (Å²) in [6.07, 6.45) is 2.21. The van der Waals surface area contributed by atoms with Crippen LogP contribution in [0.2, 0.25) is 0 Å². The number of nitrogens with zero attached hydrogens (tertiary/aromatic N) is 2. The van der Waals surface area contributed by atoms with Crippen LogP contribution in [0.5, 0.6) is 11.5 Å². The highest BCUT2D eigenvalue weighted by atomic mass is 32.2. The van der Waals surface area contributed by atoms with E-state index in [-0.39, 0.29) is 12.5 Å². The van der Waals surface area contributed by atoms with Crippen LogP contribution in [0.4, 0.5) is 5.69 Å². The molecule has 0 heterocycles. The number of rotatable bonds is 13. The van der Waals surface area contributed by atoms with Crippen LogP contribution in [-0.2, 0) is 26.2 Å². The average Bonchev–Trinajstić information content (AvgIpc) is 2.91. The molecule has 0 fully saturated rings. The van der Waals surface area contributed by atoms with Crippen LogP contribution in [0.15, 0.2) is 78.9 Å². The molecule has 1 N–H and O–H groups in total. The van der Waals surface area contributed by atoms with Crippen molar-refractivity contribution in [1.82, 2.24) is 10.2 Å². The molecule has 8 nitrogen and oxygen atoms in total. The van der Waals surface area contributed by atoms with Gasteiger partial charge in [-0.25, -0.2) is 8.42 Å². The monoisotopic (exact) mass is 551 g/mol. The Hall–Kier alpha value is -3.85. The minimum atomic E-state index is -3.82. The van der Waals surface area contributed by atoms with E-state index in [9.17, 15) is 18.0 Å². The fourth-order valence-electron chi connectivity index (χ4n) is 4.21. The Morgan fingerprint density at radius 1 is 0.923 bits per heavy atom. The normalized spacial score (nSPS) is 11.9. The summed E-state index contributed by atoms with van der Waals surface area (Å²) >= 11 is 0. The third-order valence-electron chi connectivity index (χ3n) is 6.15. The molecule has 3 aromatic carbocycles. The SMILES string of the molecule is CCCNC(=O)[C@H](CC)N(Cc1cccc(C)c1)C(=O)CN(c1ccc(Oc2ccccc2)cc1)S(C)(=O)=O. The Balaban J connectivity index is 1.88. The summed E-state index contributed by atoms with van der Waals surface area (Å²) in [6.45, 7) is 5.98. The first kappa shape index (κ1) is 29.7. The molecule has 0 bridgehead atoms. The third kappa shape index (κ3) is 8.58. The van der Waals surface area contributed by atoms with Gasteiger partial charge in [0.25, 0.3) is 0 Å². The number of carbonyl (C=O) groups is 2. The van der Waals surface area contributed by atoms with Crippen LogP contribution in [0.25, 0.3) is 0 Å². The lowest BCUT2D eigenvalue weighted by Crippen LogP contribution is -2.52. The molecule has 0 spiro atoms.